The lowest BCUT2D eigenvalue weighted by molar-refractivity contribution is -0.158. The number of aromatic nitrogens is 1. The van der Waals surface area contributed by atoms with Gasteiger partial charge >= 0.3 is 5.97 Å². The Hall–Kier alpha value is -1.56. The molecule has 0 aliphatic heterocycles. The lowest BCUT2D eigenvalue weighted by atomic mass is 10.0. The second kappa shape index (κ2) is 8.21. The first kappa shape index (κ1) is 20.2. The number of hydrogen-bond donors (Lipinski definition) is 0. The summed E-state index contributed by atoms with van der Waals surface area (Å²) in [7, 11) is 0. The fourth-order valence-electron chi connectivity index (χ4n) is 2.61. The minimum Gasteiger partial charge on any atom is -0.460 e. The second-order valence-electron chi connectivity index (χ2n) is 7.44. The lowest BCUT2D eigenvalue weighted by Gasteiger charge is -2.22. The molecule has 0 bridgehead atoms. The van der Waals surface area contributed by atoms with Crippen LogP contribution in [-0.2, 0) is 9.53 Å². The zero-order chi connectivity index (χ0) is 19.6. The molecule has 0 fully saturated rings. The van der Waals surface area contributed by atoms with E-state index in [0.717, 1.165) is 26.1 Å². The van der Waals surface area contributed by atoms with E-state index in [1.54, 1.807) is 11.8 Å². The van der Waals surface area contributed by atoms with Crippen LogP contribution < -0.4 is 0 Å². The molecule has 1 unspecified atom stereocenters. The maximum atomic E-state index is 12.3. The minimum absolute atomic E-state index is 0.165. The van der Waals surface area contributed by atoms with E-state index in [4.69, 9.17) is 16.3 Å². The highest BCUT2D eigenvalue weighted by Gasteiger charge is 2.22. The Morgan fingerprint density at radius 2 is 1.93 bits per heavy atom. The summed E-state index contributed by atoms with van der Waals surface area (Å²) in [5.74, 6) is 0.297. The number of hydrogen-bond acceptors (Lipinski definition) is 5. The number of esters is 1. The molecule has 0 spiro atoms. The molecule has 6 heteroatoms. The summed E-state index contributed by atoms with van der Waals surface area (Å²) >= 11 is 9.22. The predicted molar refractivity (Wildman–Crippen MR) is 116 cm³/mol. The number of fused-ring (bicyclic) bond motifs is 1. The molecule has 0 aliphatic rings. The van der Waals surface area contributed by atoms with Crippen LogP contribution in [0.1, 0.15) is 27.7 Å². The van der Waals surface area contributed by atoms with E-state index in [1.807, 2.05) is 58.2 Å². The Morgan fingerprint density at radius 3 is 2.59 bits per heavy atom. The van der Waals surface area contributed by atoms with Crippen molar-refractivity contribution in [3.63, 3.8) is 0 Å². The van der Waals surface area contributed by atoms with E-state index in [2.05, 4.69) is 16.5 Å². The average molecular weight is 420 g/mol. The molecular weight excluding hydrogens is 398 g/mol. The summed E-state index contributed by atoms with van der Waals surface area (Å²) in [5.41, 5.74) is 1.78. The monoisotopic (exact) mass is 419 g/mol. The topological polar surface area (TPSA) is 39.2 Å². The molecule has 0 aliphatic carbocycles. The number of nitrogens with zero attached hydrogens (tertiary/aromatic N) is 1. The normalized spacial score (nSPS) is 12.9. The first-order chi connectivity index (χ1) is 12.7. The molecular formula is C21H22ClNO2S2. The van der Waals surface area contributed by atoms with Crippen LogP contribution in [0, 0.1) is 5.92 Å². The third-order valence-corrected chi connectivity index (χ3v) is 6.32. The number of ether oxygens (including phenoxy) is 1. The Bertz CT molecular complexity index is 945. The number of rotatable bonds is 5. The Morgan fingerprint density at radius 1 is 1.22 bits per heavy atom. The van der Waals surface area contributed by atoms with Gasteiger partial charge in [-0.15, -0.1) is 11.8 Å². The van der Waals surface area contributed by atoms with Crippen molar-refractivity contribution in [3.8, 4) is 11.1 Å². The van der Waals surface area contributed by atoms with E-state index in [-0.39, 0.29) is 11.9 Å². The van der Waals surface area contributed by atoms with E-state index in [1.165, 1.54) is 11.5 Å². The van der Waals surface area contributed by atoms with Gasteiger partial charge in [0.05, 0.1) is 10.6 Å². The van der Waals surface area contributed by atoms with Crippen LogP contribution in [0.4, 0.5) is 0 Å². The summed E-state index contributed by atoms with van der Waals surface area (Å²) in [6.45, 7) is 7.58. The van der Waals surface area contributed by atoms with Gasteiger partial charge in [0.2, 0.25) is 0 Å². The summed E-state index contributed by atoms with van der Waals surface area (Å²) in [6, 6.07) is 12.0. The Kier molecular flexibility index (Phi) is 6.14. The maximum Gasteiger partial charge on any atom is 0.310 e. The number of benzene rings is 2. The van der Waals surface area contributed by atoms with Gasteiger partial charge in [0.15, 0.2) is 0 Å². The Labute approximate surface area is 173 Å². The largest absolute Gasteiger partial charge is 0.460 e. The first-order valence-electron chi connectivity index (χ1n) is 8.73. The van der Waals surface area contributed by atoms with Crippen molar-refractivity contribution >= 4 is 51.0 Å². The second-order valence-corrected chi connectivity index (χ2v) is 9.74. The van der Waals surface area contributed by atoms with Crippen molar-refractivity contribution in [2.24, 2.45) is 5.92 Å². The van der Waals surface area contributed by atoms with E-state index >= 15 is 0 Å². The van der Waals surface area contributed by atoms with Gasteiger partial charge in [-0.1, -0.05) is 36.7 Å². The quantitative estimate of drug-likeness (QED) is 0.341. The van der Waals surface area contributed by atoms with Gasteiger partial charge in [-0.3, -0.25) is 4.79 Å². The van der Waals surface area contributed by atoms with Crippen molar-refractivity contribution < 1.29 is 9.53 Å². The maximum absolute atomic E-state index is 12.3. The van der Waals surface area contributed by atoms with Gasteiger partial charge in [0, 0.05) is 32.8 Å². The van der Waals surface area contributed by atoms with Crippen LogP contribution in [0.15, 0.2) is 47.5 Å². The molecule has 3 nitrogen and oxygen atoms in total. The number of halogens is 1. The summed E-state index contributed by atoms with van der Waals surface area (Å²) < 4.78 is 11.0. The summed E-state index contributed by atoms with van der Waals surface area (Å²) in [4.78, 5) is 13.4. The van der Waals surface area contributed by atoms with E-state index < -0.39 is 5.60 Å². The molecule has 0 saturated carbocycles. The van der Waals surface area contributed by atoms with Crippen LogP contribution >= 0.6 is 34.9 Å². The van der Waals surface area contributed by atoms with Crippen molar-refractivity contribution in [3.05, 3.63) is 47.6 Å². The van der Waals surface area contributed by atoms with E-state index in [0.29, 0.717) is 10.8 Å². The van der Waals surface area contributed by atoms with Crippen LogP contribution in [0.2, 0.25) is 5.02 Å². The van der Waals surface area contributed by atoms with Crippen molar-refractivity contribution in [1.82, 2.24) is 4.37 Å². The highest BCUT2D eigenvalue weighted by atomic mass is 35.5. The van der Waals surface area contributed by atoms with Gasteiger partial charge in [0.1, 0.15) is 5.60 Å². The standard InChI is InChI=1S/C21H22ClNO2S2/c1-13(20(24)25-21(2,3)4)12-26-17-10-7-15-11-23-27-19(15)18(17)14-5-8-16(22)9-6-14/h5-11,13H,12H2,1-4H3. The van der Waals surface area contributed by atoms with Crippen LogP contribution in [-0.4, -0.2) is 21.7 Å². The predicted octanol–water partition coefficient (Wildman–Crippen LogP) is 6.69. The molecule has 0 saturated heterocycles. The SMILES string of the molecule is CC(CSc1ccc2cnsc2c1-c1ccc(Cl)cc1)C(=O)OC(C)(C)C. The molecule has 0 N–H and O–H groups in total. The Balaban J connectivity index is 1.87. The van der Waals surface area contributed by atoms with Crippen LogP contribution in [0.5, 0.6) is 0 Å². The molecule has 142 valence electrons. The van der Waals surface area contributed by atoms with Gasteiger partial charge < -0.3 is 4.74 Å². The van der Waals surface area contributed by atoms with Gasteiger partial charge in [0.25, 0.3) is 0 Å². The highest BCUT2D eigenvalue weighted by molar-refractivity contribution is 7.99. The van der Waals surface area contributed by atoms with Gasteiger partial charge in [-0.2, -0.15) is 4.37 Å². The molecule has 1 heterocycles. The number of thioether (sulfide) groups is 1. The van der Waals surface area contributed by atoms with Gasteiger partial charge in [-0.25, -0.2) is 0 Å². The first-order valence-corrected chi connectivity index (χ1v) is 10.9. The van der Waals surface area contributed by atoms with Crippen molar-refractivity contribution in [2.45, 2.75) is 38.2 Å². The van der Waals surface area contributed by atoms with E-state index in [9.17, 15) is 4.79 Å². The molecule has 27 heavy (non-hydrogen) atoms. The average Bonchev–Trinajstić information content (AvgIpc) is 3.07. The van der Waals surface area contributed by atoms with Crippen LogP contribution in [0.3, 0.4) is 0 Å². The summed E-state index contributed by atoms with van der Waals surface area (Å²) in [6.07, 6.45) is 1.89. The number of carbonyl (C=O) groups is 1. The third-order valence-electron chi connectivity index (χ3n) is 3.92. The van der Waals surface area contributed by atoms with Crippen molar-refractivity contribution in [1.29, 1.82) is 0 Å². The molecule has 3 rings (SSSR count). The molecule has 1 atom stereocenters. The molecule has 0 amide bonds. The van der Waals surface area contributed by atoms with Gasteiger partial charge in [-0.05, 0) is 56.1 Å². The zero-order valence-corrected chi connectivity index (χ0v) is 18.2. The third kappa shape index (κ3) is 5.03. The summed E-state index contributed by atoms with van der Waals surface area (Å²) in [5, 5.41) is 1.83. The molecule has 0 radical (unpaired) electrons. The zero-order valence-electron chi connectivity index (χ0n) is 15.8. The fraction of sp³-hybridized carbons (Fsp3) is 0.333. The van der Waals surface area contributed by atoms with Crippen LogP contribution in [0.25, 0.3) is 21.2 Å². The molecule has 3 aromatic rings. The van der Waals surface area contributed by atoms with Crippen molar-refractivity contribution in [2.75, 3.05) is 5.75 Å². The molecule has 1 aromatic heterocycles. The fourth-order valence-corrected chi connectivity index (χ4v) is 4.71. The molecule has 2 aromatic carbocycles. The highest BCUT2D eigenvalue weighted by Crippen LogP contribution is 2.40. The number of carbonyl (C=O) groups excluding carboxylic acids is 1. The lowest BCUT2D eigenvalue weighted by Crippen LogP contribution is -2.28. The smallest absolute Gasteiger partial charge is 0.310 e. The minimum atomic E-state index is -0.466.